The molecule has 2 unspecified atom stereocenters. The fourth-order valence-electron chi connectivity index (χ4n) is 2.28. The molecule has 1 aliphatic heterocycles. The van der Waals surface area contributed by atoms with Crippen LogP contribution in [0.2, 0.25) is 0 Å². The standard InChI is InChI=1S/C12H20N4O4S/c1-3-20-12(17)9-7-14-15-11(9)21(18,19)16-10-4-5-13-6-8(10)2/h7-8,10,13,16H,3-6H2,1-2H3,(H,14,15). The number of sulfonamides is 1. The maximum atomic E-state index is 12.4. The normalized spacial score (nSPS) is 23.0. The Kier molecular flexibility index (Phi) is 4.96. The number of aromatic amines is 1. The lowest BCUT2D eigenvalue weighted by molar-refractivity contribution is 0.0522. The van der Waals surface area contributed by atoms with Crippen molar-refractivity contribution in [3.8, 4) is 0 Å². The first kappa shape index (κ1) is 15.9. The van der Waals surface area contributed by atoms with Crippen molar-refractivity contribution in [2.24, 2.45) is 5.92 Å². The summed E-state index contributed by atoms with van der Waals surface area (Å²) in [6.07, 6.45) is 1.86. The summed E-state index contributed by atoms with van der Waals surface area (Å²) in [4.78, 5) is 11.7. The number of carbonyl (C=O) groups is 1. The van der Waals surface area contributed by atoms with Crippen LogP contribution in [-0.2, 0) is 14.8 Å². The van der Waals surface area contributed by atoms with Gasteiger partial charge < -0.3 is 10.1 Å². The van der Waals surface area contributed by atoms with Gasteiger partial charge in [-0.2, -0.15) is 5.10 Å². The molecule has 21 heavy (non-hydrogen) atoms. The number of ether oxygens (including phenoxy) is 1. The van der Waals surface area contributed by atoms with Crippen LogP contribution in [0.1, 0.15) is 30.6 Å². The first-order chi connectivity index (χ1) is 9.95. The summed E-state index contributed by atoms with van der Waals surface area (Å²) in [7, 11) is -3.84. The molecule has 0 radical (unpaired) electrons. The second-order valence-corrected chi connectivity index (χ2v) is 6.68. The number of nitrogens with zero attached hydrogens (tertiary/aromatic N) is 1. The molecule has 2 rings (SSSR count). The molecule has 0 bridgehead atoms. The summed E-state index contributed by atoms with van der Waals surface area (Å²) in [6.45, 7) is 5.30. The maximum absolute atomic E-state index is 12.4. The van der Waals surface area contributed by atoms with Crippen molar-refractivity contribution < 1.29 is 17.9 Å². The molecule has 0 saturated carbocycles. The van der Waals surface area contributed by atoms with Gasteiger partial charge in [0.25, 0.3) is 10.0 Å². The Morgan fingerprint density at radius 1 is 1.57 bits per heavy atom. The van der Waals surface area contributed by atoms with Crippen LogP contribution in [0.5, 0.6) is 0 Å². The third kappa shape index (κ3) is 3.60. The molecule has 3 N–H and O–H groups in total. The summed E-state index contributed by atoms with van der Waals surface area (Å²) >= 11 is 0. The predicted octanol–water partition coefficient (Wildman–Crippen LogP) is -0.137. The van der Waals surface area contributed by atoms with E-state index in [0.717, 1.165) is 13.1 Å². The van der Waals surface area contributed by atoms with Crippen molar-refractivity contribution in [2.45, 2.75) is 31.3 Å². The Hall–Kier alpha value is -1.45. The largest absolute Gasteiger partial charge is 0.462 e. The van der Waals surface area contributed by atoms with Crippen LogP contribution >= 0.6 is 0 Å². The quantitative estimate of drug-likeness (QED) is 0.652. The molecule has 1 aromatic rings. The highest BCUT2D eigenvalue weighted by molar-refractivity contribution is 7.89. The first-order valence-corrected chi connectivity index (χ1v) is 8.37. The van der Waals surface area contributed by atoms with Gasteiger partial charge in [-0.25, -0.2) is 17.9 Å². The SMILES string of the molecule is CCOC(=O)c1cn[nH]c1S(=O)(=O)NC1CCNCC1C. The van der Waals surface area contributed by atoms with E-state index in [9.17, 15) is 13.2 Å². The number of aromatic nitrogens is 2. The van der Waals surface area contributed by atoms with Crippen molar-refractivity contribution in [3.05, 3.63) is 11.8 Å². The number of hydrogen-bond acceptors (Lipinski definition) is 6. The van der Waals surface area contributed by atoms with E-state index in [1.807, 2.05) is 6.92 Å². The number of carbonyl (C=O) groups excluding carboxylic acids is 1. The number of piperidine rings is 1. The van der Waals surface area contributed by atoms with E-state index in [2.05, 4.69) is 20.2 Å². The van der Waals surface area contributed by atoms with Crippen LogP contribution in [0, 0.1) is 5.92 Å². The molecule has 118 valence electrons. The molecular weight excluding hydrogens is 296 g/mol. The first-order valence-electron chi connectivity index (χ1n) is 6.89. The molecular formula is C12H20N4O4S. The van der Waals surface area contributed by atoms with E-state index >= 15 is 0 Å². The van der Waals surface area contributed by atoms with Gasteiger partial charge in [0, 0.05) is 6.04 Å². The van der Waals surface area contributed by atoms with Gasteiger partial charge in [-0.1, -0.05) is 6.92 Å². The zero-order valence-electron chi connectivity index (χ0n) is 12.0. The van der Waals surface area contributed by atoms with Crippen LogP contribution in [0.4, 0.5) is 0 Å². The molecule has 8 nitrogen and oxygen atoms in total. The van der Waals surface area contributed by atoms with Crippen molar-refractivity contribution in [1.82, 2.24) is 20.2 Å². The van der Waals surface area contributed by atoms with Gasteiger partial charge in [0.1, 0.15) is 5.56 Å². The number of H-pyrrole nitrogens is 1. The smallest absolute Gasteiger partial charge is 0.342 e. The molecule has 0 aromatic carbocycles. The third-order valence-corrected chi connectivity index (χ3v) is 4.92. The Morgan fingerprint density at radius 2 is 2.33 bits per heavy atom. The van der Waals surface area contributed by atoms with Gasteiger partial charge in [0.05, 0.1) is 12.8 Å². The van der Waals surface area contributed by atoms with E-state index < -0.39 is 16.0 Å². The van der Waals surface area contributed by atoms with Crippen LogP contribution in [-0.4, -0.2) is 50.3 Å². The number of rotatable bonds is 5. The van der Waals surface area contributed by atoms with Gasteiger partial charge in [-0.15, -0.1) is 0 Å². The molecule has 1 aliphatic rings. The average Bonchev–Trinajstić information content (AvgIpc) is 2.92. The lowest BCUT2D eigenvalue weighted by Crippen LogP contribution is -2.48. The molecule has 2 heterocycles. The van der Waals surface area contributed by atoms with Crippen LogP contribution < -0.4 is 10.0 Å². The van der Waals surface area contributed by atoms with Crippen molar-refractivity contribution >= 4 is 16.0 Å². The van der Waals surface area contributed by atoms with Gasteiger partial charge >= 0.3 is 5.97 Å². The maximum Gasteiger partial charge on any atom is 0.342 e. The van der Waals surface area contributed by atoms with E-state index in [-0.39, 0.29) is 29.2 Å². The lowest BCUT2D eigenvalue weighted by atomic mass is 9.97. The molecule has 1 saturated heterocycles. The minimum absolute atomic E-state index is 0.0778. The molecule has 1 fully saturated rings. The molecule has 2 atom stereocenters. The monoisotopic (exact) mass is 316 g/mol. The van der Waals surface area contributed by atoms with Crippen molar-refractivity contribution in [1.29, 1.82) is 0 Å². The van der Waals surface area contributed by atoms with Crippen LogP contribution in [0.25, 0.3) is 0 Å². The summed E-state index contributed by atoms with van der Waals surface area (Å²) in [5.41, 5.74) is -0.0778. The summed E-state index contributed by atoms with van der Waals surface area (Å²) in [6, 6.07) is -0.172. The minimum Gasteiger partial charge on any atom is -0.462 e. The number of esters is 1. The Bertz CT molecular complexity index is 598. The highest BCUT2D eigenvalue weighted by Crippen LogP contribution is 2.17. The average molecular weight is 316 g/mol. The predicted molar refractivity (Wildman–Crippen MR) is 75.3 cm³/mol. The van der Waals surface area contributed by atoms with Gasteiger partial charge in [-0.05, 0) is 32.4 Å². The molecule has 0 aliphatic carbocycles. The van der Waals surface area contributed by atoms with Crippen LogP contribution in [0.15, 0.2) is 11.2 Å². The van der Waals surface area contributed by atoms with Crippen molar-refractivity contribution in [2.75, 3.05) is 19.7 Å². The third-order valence-electron chi connectivity index (χ3n) is 3.46. The van der Waals surface area contributed by atoms with Crippen molar-refractivity contribution in [3.63, 3.8) is 0 Å². The summed E-state index contributed by atoms with van der Waals surface area (Å²) in [5, 5.41) is 8.98. The van der Waals surface area contributed by atoms with Gasteiger partial charge in [0.2, 0.25) is 0 Å². The van der Waals surface area contributed by atoms with E-state index in [0.29, 0.717) is 6.42 Å². The van der Waals surface area contributed by atoms with Gasteiger partial charge in [0.15, 0.2) is 5.03 Å². The zero-order valence-corrected chi connectivity index (χ0v) is 12.9. The summed E-state index contributed by atoms with van der Waals surface area (Å²) in [5.74, 6) is -0.535. The Morgan fingerprint density at radius 3 is 3.00 bits per heavy atom. The Balaban J connectivity index is 2.20. The molecule has 0 amide bonds. The fourth-order valence-corrected chi connectivity index (χ4v) is 3.75. The number of nitrogens with one attached hydrogen (secondary N) is 3. The highest BCUT2D eigenvalue weighted by Gasteiger charge is 2.31. The second kappa shape index (κ2) is 6.54. The molecule has 9 heteroatoms. The van der Waals surface area contributed by atoms with E-state index in [1.165, 1.54) is 6.20 Å². The molecule has 0 spiro atoms. The van der Waals surface area contributed by atoms with E-state index in [4.69, 9.17) is 4.74 Å². The Labute approximate surface area is 123 Å². The molecule has 1 aromatic heterocycles. The second-order valence-electron chi connectivity index (χ2n) is 5.03. The van der Waals surface area contributed by atoms with Crippen LogP contribution in [0.3, 0.4) is 0 Å². The lowest BCUT2D eigenvalue weighted by Gasteiger charge is -2.29. The topological polar surface area (TPSA) is 113 Å². The summed E-state index contributed by atoms with van der Waals surface area (Å²) < 4.78 is 32.3. The number of hydrogen-bond donors (Lipinski definition) is 3. The highest BCUT2D eigenvalue weighted by atomic mass is 32.2. The fraction of sp³-hybridized carbons (Fsp3) is 0.667. The van der Waals surface area contributed by atoms with E-state index in [1.54, 1.807) is 6.92 Å². The minimum atomic E-state index is -3.84. The van der Waals surface area contributed by atoms with Gasteiger partial charge in [-0.3, -0.25) is 5.10 Å². The zero-order chi connectivity index (χ0) is 15.5.